The largest absolute Gasteiger partial charge is 0.375 e. The number of hydrogen-bond acceptors (Lipinski definition) is 6. The van der Waals surface area contributed by atoms with Crippen LogP contribution in [0.2, 0.25) is 0 Å². The quantitative estimate of drug-likeness (QED) is 0.157. The zero-order valence-electron chi connectivity index (χ0n) is 23.9. The summed E-state index contributed by atoms with van der Waals surface area (Å²) in [4.78, 5) is 33.7. The minimum Gasteiger partial charge on any atom is -0.375 e. The van der Waals surface area contributed by atoms with Crippen LogP contribution in [-0.2, 0) is 28.6 Å². The molecule has 0 atom stereocenters. The van der Waals surface area contributed by atoms with Crippen LogP contribution in [0, 0.1) is 5.92 Å². The Kier molecular flexibility index (Phi) is 11.8. The molecule has 0 amide bonds. The third kappa shape index (κ3) is 9.85. The second-order valence-corrected chi connectivity index (χ2v) is 12.6. The molecule has 4 aliphatic carbocycles. The van der Waals surface area contributed by atoms with E-state index in [-0.39, 0.29) is 34.2 Å². The van der Waals surface area contributed by atoms with Crippen molar-refractivity contribution in [2.24, 2.45) is 5.92 Å². The highest BCUT2D eigenvalue weighted by atomic mass is 16.5. The maximum atomic E-state index is 11.2. The summed E-state index contributed by atoms with van der Waals surface area (Å²) in [5.41, 5.74) is -0.490. The normalized spacial score (nSPS) is 30.1. The topological polar surface area (TPSA) is 78.9 Å². The number of carbonyl (C=O) groups is 3. The standard InChI is InChI=1S/C31H52O6/c1-25(32)13-7-4-10-16-35-29-19-28-20-30(22-29,36-17-11-5-8-14-26(2)33)24-31(21-28,23-29)37-18-12-6-9-15-27(3)34/h28H,4-24H2,1-3H3. The fourth-order valence-corrected chi connectivity index (χ4v) is 7.48. The van der Waals surface area contributed by atoms with Crippen molar-refractivity contribution in [3.05, 3.63) is 0 Å². The van der Waals surface area contributed by atoms with Crippen LogP contribution in [0.5, 0.6) is 0 Å². The molecular formula is C31H52O6. The fourth-order valence-electron chi connectivity index (χ4n) is 7.48. The van der Waals surface area contributed by atoms with E-state index in [9.17, 15) is 14.4 Å². The Morgan fingerprint density at radius 1 is 0.514 bits per heavy atom. The number of ketones is 3. The minimum atomic E-state index is -0.163. The molecule has 0 saturated heterocycles. The van der Waals surface area contributed by atoms with Crippen LogP contribution in [0.4, 0.5) is 0 Å². The van der Waals surface area contributed by atoms with Gasteiger partial charge >= 0.3 is 0 Å². The van der Waals surface area contributed by atoms with Gasteiger partial charge in [-0.3, -0.25) is 0 Å². The van der Waals surface area contributed by atoms with E-state index in [4.69, 9.17) is 14.2 Å². The summed E-state index contributed by atoms with van der Waals surface area (Å²) in [7, 11) is 0. The van der Waals surface area contributed by atoms with E-state index in [1.54, 1.807) is 20.8 Å². The van der Waals surface area contributed by atoms with Crippen LogP contribution in [0.1, 0.15) is 136 Å². The average Bonchev–Trinajstić information content (AvgIpc) is 2.79. The number of carbonyl (C=O) groups excluding carboxylic acids is 3. The Balaban J connectivity index is 1.56. The molecule has 0 spiro atoms. The van der Waals surface area contributed by atoms with Crippen molar-refractivity contribution >= 4 is 17.3 Å². The van der Waals surface area contributed by atoms with Gasteiger partial charge in [0.1, 0.15) is 17.3 Å². The molecule has 6 nitrogen and oxygen atoms in total. The van der Waals surface area contributed by atoms with Gasteiger partial charge in [0, 0.05) is 58.3 Å². The van der Waals surface area contributed by atoms with Gasteiger partial charge < -0.3 is 28.6 Å². The van der Waals surface area contributed by atoms with Crippen molar-refractivity contribution in [2.45, 2.75) is 153 Å². The molecule has 212 valence electrons. The Morgan fingerprint density at radius 2 is 0.811 bits per heavy atom. The van der Waals surface area contributed by atoms with Gasteiger partial charge in [-0.2, -0.15) is 0 Å². The molecule has 0 N–H and O–H groups in total. The van der Waals surface area contributed by atoms with Crippen LogP contribution in [0.25, 0.3) is 0 Å². The van der Waals surface area contributed by atoms with E-state index >= 15 is 0 Å². The molecule has 0 aromatic heterocycles. The first kappa shape index (κ1) is 30.4. The highest BCUT2D eigenvalue weighted by Crippen LogP contribution is 2.63. The summed E-state index contributed by atoms with van der Waals surface area (Å²) in [6.07, 6.45) is 17.1. The zero-order chi connectivity index (χ0) is 26.8. The SMILES string of the molecule is CC(=O)CCCCCOC12CC3CC(OCCCCCC(C)=O)(C1)CC(OCCCCCC(C)=O)(C3)C2. The predicted octanol–water partition coefficient (Wildman–Crippen LogP) is 6.70. The van der Waals surface area contributed by atoms with Gasteiger partial charge in [-0.15, -0.1) is 0 Å². The van der Waals surface area contributed by atoms with Crippen molar-refractivity contribution in [1.29, 1.82) is 0 Å². The van der Waals surface area contributed by atoms with E-state index in [2.05, 4.69) is 0 Å². The molecule has 4 fully saturated rings. The number of rotatable bonds is 21. The van der Waals surface area contributed by atoms with Crippen molar-refractivity contribution in [3.8, 4) is 0 Å². The Bertz CT molecular complexity index is 653. The summed E-state index contributed by atoms with van der Waals surface area (Å²) in [5.74, 6) is 1.37. The predicted molar refractivity (Wildman–Crippen MR) is 145 cm³/mol. The molecule has 0 aliphatic heterocycles. The molecule has 0 unspecified atom stereocenters. The molecule has 4 aliphatic rings. The van der Waals surface area contributed by atoms with E-state index < -0.39 is 0 Å². The van der Waals surface area contributed by atoms with Crippen LogP contribution < -0.4 is 0 Å². The third-order valence-corrected chi connectivity index (χ3v) is 8.66. The van der Waals surface area contributed by atoms with Gasteiger partial charge in [0.2, 0.25) is 0 Å². The number of unbranched alkanes of at least 4 members (excludes halogenated alkanes) is 6. The summed E-state index contributed by atoms with van der Waals surface area (Å²) >= 11 is 0. The van der Waals surface area contributed by atoms with E-state index in [0.29, 0.717) is 25.2 Å². The molecule has 4 rings (SSSR count). The highest BCUT2D eigenvalue weighted by molar-refractivity contribution is 5.75. The molecule has 0 heterocycles. The molecule has 4 saturated carbocycles. The van der Waals surface area contributed by atoms with Crippen LogP contribution in [0.15, 0.2) is 0 Å². The van der Waals surface area contributed by atoms with Gasteiger partial charge in [-0.05, 0) is 84.5 Å². The van der Waals surface area contributed by atoms with E-state index in [1.165, 1.54) is 0 Å². The summed E-state index contributed by atoms with van der Waals surface area (Å²) < 4.78 is 20.2. The zero-order valence-corrected chi connectivity index (χ0v) is 23.9. The van der Waals surface area contributed by atoms with Gasteiger partial charge in [0.25, 0.3) is 0 Å². The molecule has 0 aromatic carbocycles. The van der Waals surface area contributed by atoms with Crippen LogP contribution in [-0.4, -0.2) is 54.0 Å². The maximum Gasteiger partial charge on any atom is 0.129 e. The van der Waals surface area contributed by atoms with Crippen LogP contribution >= 0.6 is 0 Å². The van der Waals surface area contributed by atoms with Gasteiger partial charge in [-0.1, -0.05) is 19.3 Å². The minimum absolute atomic E-state index is 0.163. The molecule has 4 bridgehead atoms. The van der Waals surface area contributed by atoms with E-state index in [0.717, 1.165) is 116 Å². The van der Waals surface area contributed by atoms with E-state index in [1.807, 2.05) is 0 Å². The Morgan fingerprint density at radius 3 is 1.08 bits per heavy atom. The van der Waals surface area contributed by atoms with Crippen molar-refractivity contribution in [2.75, 3.05) is 19.8 Å². The summed E-state index contributed by atoms with van der Waals surface area (Å²) in [6, 6.07) is 0. The van der Waals surface area contributed by atoms with Gasteiger partial charge in [0.05, 0.1) is 16.8 Å². The molecule has 0 aromatic rings. The lowest BCUT2D eigenvalue weighted by molar-refractivity contribution is -0.291. The first-order valence-corrected chi connectivity index (χ1v) is 15.1. The molecule has 6 heteroatoms. The lowest BCUT2D eigenvalue weighted by Crippen LogP contribution is -2.68. The van der Waals surface area contributed by atoms with Gasteiger partial charge in [0.15, 0.2) is 0 Å². The first-order chi connectivity index (χ1) is 17.7. The number of Topliss-reactive ketones (excluding diaryl/α,β-unsaturated/α-hetero) is 3. The molecule has 37 heavy (non-hydrogen) atoms. The first-order valence-electron chi connectivity index (χ1n) is 15.1. The molecule has 0 radical (unpaired) electrons. The molecular weight excluding hydrogens is 468 g/mol. The summed E-state index contributed by atoms with van der Waals surface area (Å²) in [6.45, 7) is 7.22. The fraction of sp³-hybridized carbons (Fsp3) is 0.903. The lowest BCUT2D eigenvalue weighted by Gasteiger charge is -2.65. The van der Waals surface area contributed by atoms with Crippen molar-refractivity contribution in [3.63, 3.8) is 0 Å². The number of hydrogen-bond donors (Lipinski definition) is 0. The van der Waals surface area contributed by atoms with Crippen molar-refractivity contribution < 1.29 is 28.6 Å². The lowest BCUT2D eigenvalue weighted by atomic mass is 9.50. The average molecular weight is 521 g/mol. The van der Waals surface area contributed by atoms with Crippen molar-refractivity contribution in [1.82, 2.24) is 0 Å². The van der Waals surface area contributed by atoms with Crippen LogP contribution in [0.3, 0.4) is 0 Å². The number of ether oxygens (including phenoxy) is 3. The van der Waals surface area contributed by atoms with Gasteiger partial charge in [-0.25, -0.2) is 0 Å². The third-order valence-electron chi connectivity index (χ3n) is 8.66. The Hall–Kier alpha value is -1.11. The second-order valence-electron chi connectivity index (χ2n) is 12.6. The monoisotopic (exact) mass is 520 g/mol. The second kappa shape index (κ2) is 14.3. The maximum absolute atomic E-state index is 11.2. The highest BCUT2D eigenvalue weighted by Gasteiger charge is 2.65. The Labute approximate surface area is 224 Å². The smallest absolute Gasteiger partial charge is 0.129 e. The summed E-state index contributed by atoms with van der Waals surface area (Å²) in [5, 5.41) is 0.